The first-order valence-corrected chi connectivity index (χ1v) is 6.07. The number of amides is 1. The zero-order valence-corrected chi connectivity index (χ0v) is 10.4. The van der Waals surface area contributed by atoms with Crippen molar-refractivity contribution < 1.29 is 4.79 Å². The normalized spacial score (nSPS) is 12.2. The summed E-state index contributed by atoms with van der Waals surface area (Å²) in [6.45, 7) is 6.88. The molecule has 1 aromatic carbocycles. The van der Waals surface area contributed by atoms with Crippen LogP contribution in [0.15, 0.2) is 30.3 Å². The van der Waals surface area contributed by atoms with Crippen molar-refractivity contribution in [1.29, 1.82) is 0 Å². The molecule has 0 aromatic heterocycles. The van der Waals surface area contributed by atoms with Gasteiger partial charge < -0.3 is 4.90 Å². The molecule has 1 aromatic rings. The lowest BCUT2D eigenvalue weighted by Gasteiger charge is -2.24. The van der Waals surface area contributed by atoms with Gasteiger partial charge in [-0.2, -0.15) is 0 Å². The van der Waals surface area contributed by atoms with Crippen LogP contribution in [-0.2, 0) is 4.79 Å². The molecule has 1 rings (SSSR count). The van der Waals surface area contributed by atoms with Gasteiger partial charge in [-0.05, 0) is 25.5 Å². The minimum Gasteiger partial charge on any atom is -0.312 e. The smallest absolute Gasteiger partial charge is 0.229 e. The summed E-state index contributed by atoms with van der Waals surface area (Å²) in [5.74, 6) is 0.348. The minimum atomic E-state index is 0.116. The number of hydrogen-bond acceptors (Lipinski definition) is 1. The summed E-state index contributed by atoms with van der Waals surface area (Å²) < 4.78 is 0. The van der Waals surface area contributed by atoms with E-state index in [4.69, 9.17) is 0 Å². The minimum absolute atomic E-state index is 0.116. The van der Waals surface area contributed by atoms with Crippen LogP contribution in [0.2, 0.25) is 0 Å². The molecule has 0 unspecified atom stereocenters. The van der Waals surface area contributed by atoms with Gasteiger partial charge in [0.1, 0.15) is 0 Å². The SMILES string of the molecule is CCC[C@H](C)C(=O)N(CC)c1ccccc1. The molecule has 2 nitrogen and oxygen atoms in total. The fourth-order valence-corrected chi connectivity index (χ4v) is 1.90. The second kappa shape index (κ2) is 6.31. The maximum absolute atomic E-state index is 12.2. The summed E-state index contributed by atoms with van der Waals surface area (Å²) in [4.78, 5) is 14.1. The molecule has 0 aliphatic heterocycles. The van der Waals surface area contributed by atoms with Gasteiger partial charge in [0, 0.05) is 18.2 Å². The Kier molecular flexibility index (Phi) is 5.03. The second-order valence-electron chi connectivity index (χ2n) is 4.11. The van der Waals surface area contributed by atoms with E-state index in [1.54, 1.807) is 0 Å². The molecule has 16 heavy (non-hydrogen) atoms. The molecule has 0 spiro atoms. The standard InChI is InChI=1S/C14H21NO/c1-4-9-12(3)14(16)15(5-2)13-10-7-6-8-11-13/h6-8,10-12H,4-5,9H2,1-3H3/t12-/m0/s1. The maximum atomic E-state index is 12.2. The van der Waals surface area contributed by atoms with Crippen LogP contribution in [0, 0.1) is 5.92 Å². The van der Waals surface area contributed by atoms with Crippen LogP contribution in [0.25, 0.3) is 0 Å². The summed E-state index contributed by atoms with van der Waals surface area (Å²) in [5.41, 5.74) is 0.998. The first kappa shape index (κ1) is 12.8. The van der Waals surface area contributed by atoms with E-state index in [2.05, 4.69) is 6.92 Å². The first-order valence-electron chi connectivity index (χ1n) is 6.07. The largest absolute Gasteiger partial charge is 0.312 e. The van der Waals surface area contributed by atoms with Gasteiger partial charge in [-0.15, -0.1) is 0 Å². The number of benzene rings is 1. The van der Waals surface area contributed by atoms with Gasteiger partial charge in [-0.25, -0.2) is 0 Å². The lowest BCUT2D eigenvalue weighted by Crippen LogP contribution is -2.35. The second-order valence-corrected chi connectivity index (χ2v) is 4.11. The van der Waals surface area contributed by atoms with Crippen LogP contribution in [-0.4, -0.2) is 12.5 Å². The summed E-state index contributed by atoms with van der Waals surface area (Å²) in [6, 6.07) is 9.88. The Labute approximate surface area is 98.3 Å². The number of carbonyl (C=O) groups is 1. The molecule has 1 atom stereocenters. The molecule has 2 heteroatoms. The monoisotopic (exact) mass is 219 g/mol. The van der Waals surface area contributed by atoms with Gasteiger partial charge in [-0.1, -0.05) is 38.5 Å². The summed E-state index contributed by atoms with van der Waals surface area (Å²) in [7, 11) is 0. The van der Waals surface area contributed by atoms with E-state index in [1.807, 2.05) is 49.1 Å². The zero-order chi connectivity index (χ0) is 12.0. The third kappa shape index (κ3) is 3.09. The van der Waals surface area contributed by atoms with E-state index in [1.165, 1.54) is 0 Å². The van der Waals surface area contributed by atoms with Crippen molar-refractivity contribution in [2.45, 2.75) is 33.6 Å². The van der Waals surface area contributed by atoms with E-state index in [0.29, 0.717) is 0 Å². The molecular weight excluding hydrogens is 198 g/mol. The predicted octanol–water partition coefficient (Wildman–Crippen LogP) is 3.48. The van der Waals surface area contributed by atoms with Gasteiger partial charge in [0.15, 0.2) is 0 Å². The topological polar surface area (TPSA) is 20.3 Å². The van der Waals surface area contributed by atoms with Gasteiger partial charge in [0.2, 0.25) is 5.91 Å². The fraction of sp³-hybridized carbons (Fsp3) is 0.500. The van der Waals surface area contributed by atoms with E-state index < -0.39 is 0 Å². The maximum Gasteiger partial charge on any atom is 0.229 e. The molecule has 0 radical (unpaired) electrons. The number of para-hydroxylation sites is 1. The fourth-order valence-electron chi connectivity index (χ4n) is 1.90. The van der Waals surface area contributed by atoms with Gasteiger partial charge >= 0.3 is 0 Å². The summed E-state index contributed by atoms with van der Waals surface area (Å²) in [5, 5.41) is 0. The predicted molar refractivity (Wildman–Crippen MR) is 68.5 cm³/mol. The third-order valence-electron chi connectivity index (χ3n) is 2.79. The zero-order valence-electron chi connectivity index (χ0n) is 10.4. The molecule has 0 fully saturated rings. The Morgan fingerprint density at radius 3 is 2.38 bits per heavy atom. The summed E-state index contributed by atoms with van der Waals surface area (Å²) >= 11 is 0. The molecule has 0 aliphatic rings. The van der Waals surface area contributed by atoms with Crippen molar-refractivity contribution in [3.8, 4) is 0 Å². The number of hydrogen-bond donors (Lipinski definition) is 0. The van der Waals surface area contributed by atoms with Crippen molar-refractivity contribution in [3.63, 3.8) is 0 Å². The molecule has 0 saturated heterocycles. The van der Waals surface area contributed by atoms with Crippen molar-refractivity contribution in [3.05, 3.63) is 30.3 Å². The Morgan fingerprint density at radius 1 is 1.25 bits per heavy atom. The van der Waals surface area contributed by atoms with Crippen LogP contribution in [0.3, 0.4) is 0 Å². The van der Waals surface area contributed by atoms with Crippen LogP contribution >= 0.6 is 0 Å². The average Bonchev–Trinajstić information content (AvgIpc) is 2.31. The van der Waals surface area contributed by atoms with Crippen LogP contribution in [0.5, 0.6) is 0 Å². The van der Waals surface area contributed by atoms with E-state index in [0.717, 1.165) is 25.1 Å². The van der Waals surface area contributed by atoms with Crippen molar-refractivity contribution >= 4 is 11.6 Å². The molecule has 0 heterocycles. The Bertz CT molecular complexity index is 321. The van der Waals surface area contributed by atoms with E-state index in [9.17, 15) is 4.79 Å². The van der Waals surface area contributed by atoms with Crippen molar-refractivity contribution in [1.82, 2.24) is 0 Å². The van der Waals surface area contributed by atoms with Crippen molar-refractivity contribution in [2.75, 3.05) is 11.4 Å². The molecule has 1 amide bonds. The molecule has 88 valence electrons. The highest BCUT2D eigenvalue weighted by Crippen LogP contribution is 2.18. The first-order chi connectivity index (χ1) is 7.70. The van der Waals surface area contributed by atoms with Gasteiger partial charge in [-0.3, -0.25) is 4.79 Å². The molecular formula is C14H21NO. The highest BCUT2D eigenvalue weighted by molar-refractivity contribution is 5.94. The quantitative estimate of drug-likeness (QED) is 0.742. The molecule has 0 saturated carbocycles. The highest BCUT2D eigenvalue weighted by Gasteiger charge is 2.19. The van der Waals surface area contributed by atoms with Crippen LogP contribution in [0.4, 0.5) is 5.69 Å². The van der Waals surface area contributed by atoms with Gasteiger partial charge in [0.25, 0.3) is 0 Å². The Morgan fingerprint density at radius 2 is 1.88 bits per heavy atom. The lowest BCUT2D eigenvalue weighted by atomic mass is 10.0. The van der Waals surface area contributed by atoms with E-state index >= 15 is 0 Å². The Hall–Kier alpha value is -1.31. The Balaban J connectivity index is 2.79. The number of rotatable bonds is 5. The van der Waals surface area contributed by atoms with Crippen molar-refractivity contribution in [2.24, 2.45) is 5.92 Å². The van der Waals surface area contributed by atoms with Crippen LogP contribution < -0.4 is 4.90 Å². The number of carbonyl (C=O) groups excluding carboxylic acids is 1. The van der Waals surface area contributed by atoms with Gasteiger partial charge in [0.05, 0.1) is 0 Å². The average molecular weight is 219 g/mol. The number of nitrogens with zero attached hydrogens (tertiary/aromatic N) is 1. The molecule has 0 N–H and O–H groups in total. The summed E-state index contributed by atoms with van der Waals surface area (Å²) in [6.07, 6.45) is 2.02. The molecule has 0 aliphatic carbocycles. The lowest BCUT2D eigenvalue weighted by molar-refractivity contribution is -0.122. The molecule has 0 bridgehead atoms. The van der Waals surface area contributed by atoms with Crippen LogP contribution in [0.1, 0.15) is 33.6 Å². The number of anilines is 1. The highest BCUT2D eigenvalue weighted by atomic mass is 16.2. The third-order valence-corrected chi connectivity index (χ3v) is 2.79. The van der Waals surface area contributed by atoms with E-state index in [-0.39, 0.29) is 11.8 Å².